The van der Waals surface area contributed by atoms with Crippen molar-refractivity contribution >= 4 is 29.0 Å². The highest BCUT2D eigenvalue weighted by atomic mass is 35.5. The van der Waals surface area contributed by atoms with E-state index in [4.69, 9.17) is 22.1 Å². The number of carbonyl (C=O) groups is 1. The predicted octanol–water partition coefficient (Wildman–Crippen LogP) is 2.95. The Bertz CT molecular complexity index is 811. The van der Waals surface area contributed by atoms with Gasteiger partial charge in [0.25, 0.3) is 5.91 Å². The van der Waals surface area contributed by atoms with Gasteiger partial charge in [-0.15, -0.1) is 0 Å². The van der Waals surface area contributed by atoms with Crippen LogP contribution < -0.4 is 11.1 Å². The molecule has 2 aromatic rings. The summed E-state index contributed by atoms with van der Waals surface area (Å²) >= 11 is 5.76. The summed E-state index contributed by atoms with van der Waals surface area (Å²) in [6.45, 7) is 0.663. The van der Waals surface area contributed by atoms with Gasteiger partial charge in [0.05, 0.1) is 11.1 Å². The number of rotatable bonds is 3. The summed E-state index contributed by atoms with van der Waals surface area (Å²) in [5.41, 5.74) is 6.74. The lowest BCUT2D eigenvalue weighted by molar-refractivity contribution is 0.102. The lowest BCUT2D eigenvalue weighted by atomic mass is 10.0. The zero-order valence-corrected chi connectivity index (χ0v) is 14.0. The van der Waals surface area contributed by atoms with Gasteiger partial charge in [0, 0.05) is 24.1 Å². The van der Waals surface area contributed by atoms with E-state index in [0.29, 0.717) is 35.1 Å². The number of pyridine rings is 1. The minimum atomic E-state index is -0.451. The van der Waals surface area contributed by atoms with Crippen LogP contribution in [0.25, 0.3) is 0 Å². The zero-order chi connectivity index (χ0) is 17.8. The SMILES string of the molecule is NC1=NC(c2cc(NC(=O)c3ccc(Cl)cn3)ccc2F)CCOC1. The van der Waals surface area contributed by atoms with Crippen molar-refractivity contribution in [2.75, 3.05) is 18.5 Å². The molecule has 3 rings (SSSR count). The van der Waals surface area contributed by atoms with Crippen molar-refractivity contribution in [2.24, 2.45) is 10.7 Å². The molecule has 8 heteroatoms. The molecular weight excluding hydrogens is 347 g/mol. The van der Waals surface area contributed by atoms with Gasteiger partial charge in [0.1, 0.15) is 24.0 Å². The van der Waals surface area contributed by atoms with Gasteiger partial charge < -0.3 is 15.8 Å². The number of nitrogens with zero attached hydrogens (tertiary/aromatic N) is 2. The first-order chi connectivity index (χ1) is 12.0. The minimum absolute atomic E-state index is 0.209. The molecular formula is C17H16ClFN4O2. The molecule has 0 bridgehead atoms. The molecule has 0 aliphatic carbocycles. The molecule has 0 radical (unpaired) electrons. The number of anilines is 1. The van der Waals surface area contributed by atoms with Crippen LogP contribution in [0.15, 0.2) is 41.5 Å². The number of ether oxygens (including phenoxy) is 1. The van der Waals surface area contributed by atoms with E-state index in [9.17, 15) is 9.18 Å². The normalized spacial score (nSPS) is 17.5. The maximum Gasteiger partial charge on any atom is 0.274 e. The second kappa shape index (κ2) is 7.58. The fourth-order valence-corrected chi connectivity index (χ4v) is 2.59. The Morgan fingerprint density at radius 3 is 2.96 bits per heavy atom. The average Bonchev–Trinajstić information content (AvgIpc) is 2.81. The third-order valence-corrected chi connectivity index (χ3v) is 3.90. The van der Waals surface area contributed by atoms with Gasteiger partial charge in [-0.25, -0.2) is 9.37 Å². The van der Waals surface area contributed by atoms with E-state index in [1.54, 1.807) is 12.1 Å². The smallest absolute Gasteiger partial charge is 0.274 e. The van der Waals surface area contributed by atoms with E-state index >= 15 is 0 Å². The number of aliphatic imine (C=N–C) groups is 1. The van der Waals surface area contributed by atoms with Gasteiger partial charge in [-0.3, -0.25) is 9.79 Å². The van der Waals surface area contributed by atoms with Crippen LogP contribution >= 0.6 is 11.6 Å². The zero-order valence-electron chi connectivity index (χ0n) is 13.2. The standard InChI is InChI=1S/C17H16ClFN4O2/c18-10-1-4-15(21-8-10)17(24)22-11-2-3-13(19)12(7-11)14-5-6-25-9-16(20)23-14/h1-4,7-8,14H,5-6,9H2,(H2,20,23)(H,22,24). The molecule has 1 aliphatic heterocycles. The number of amides is 1. The molecule has 1 aromatic carbocycles. The van der Waals surface area contributed by atoms with E-state index < -0.39 is 17.8 Å². The molecule has 1 aliphatic rings. The van der Waals surface area contributed by atoms with E-state index in [1.807, 2.05) is 0 Å². The predicted molar refractivity (Wildman–Crippen MR) is 93.4 cm³/mol. The molecule has 0 saturated heterocycles. The van der Waals surface area contributed by atoms with Gasteiger partial charge in [-0.05, 0) is 36.8 Å². The number of hydrogen-bond donors (Lipinski definition) is 2. The maximum absolute atomic E-state index is 14.2. The topological polar surface area (TPSA) is 89.6 Å². The van der Waals surface area contributed by atoms with Crippen LogP contribution in [0.1, 0.15) is 28.5 Å². The summed E-state index contributed by atoms with van der Waals surface area (Å²) in [5, 5.41) is 3.13. The third-order valence-electron chi connectivity index (χ3n) is 3.68. The van der Waals surface area contributed by atoms with Crippen molar-refractivity contribution in [3.8, 4) is 0 Å². The highest BCUT2D eigenvalue weighted by Gasteiger charge is 2.19. The van der Waals surface area contributed by atoms with E-state index in [0.717, 1.165) is 0 Å². The fourth-order valence-electron chi connectivity index (χ4n) is 2.48. The molecule has 2 heterocycles. The summed E-state index contributed by atoms with van der Waals surface area (Å²) in [5.74, 6) is -0.505. The van der Waals surface area contributed by atoms with Crippen LogP contribution in [0.4, 0.5) is 10.1 Å². The van der Waals surface area contributed by atoms with Crippen molar-refractivity contribution < 1.29 is 13.9 Å². The third kappa shape index (κ3) is 4.32. The molecule has 1 amide bonds. The molecule has 3 N–H and O–H groups in total. The molecule has 0 fully saturated rings. The second-order valence-corrected chi connectivity index (χ2v) is 5.97. The van der Waals surface area contributed by atoms with Crippen LogP contribution in [0, 0.1) is 5.82 Å². The van der Waals surface area contributed by atoms with Crippen LogP contribution in [-0.4, -0.2) is 29.9 Å². The number of halogens is 2. The van der Waals surface area contributed by atoms with Gasteiger partial charge in [-0.1, -0.05) is 11.6 Å². The summed E-state index contributed by atoms with van der Waals surface area (Å²) in [4.78, 5) is 20.5. The Kier molecular flexibility index (Phi) is 5.25. The number of nitrogens with one attached hydrogen (secondary N) is 1. The van der Waals surface area contributed by atoms with Crippen molar-refractivity contribution in [3.05, 3.63) is 58.6 Å². The monoisotopic (exact) mass is 362 g/mol. The van der Waals surface area contributed by atoms with Gasteiger partial charge in [0.15, 0.2) is 0 Å². The number of hydrogen-bond acceptors (Lipinski definition) is 5. The van der Waals surface area contributed by atoms with Gasteiger partial charge in [-0.2, -0.15) is 0 Å². The van der Waals surface area contributed by atoms with Crippen LogP contribution in [-0.2, 0) is 4.74 Å². The largest absolute Gasteiger partial charge is 0.386 e. The van der Waals surface area contributed by atoms with E-state index in [1.165, 1.54) is 24.4 Å². The first-order valence-electron chi connectivity index (χ1n) is 7.65. The Balaban J connectivity index is 1.82. The Hall–Kier alpha value is -2.51. The molecule has 1 unspecified atom stereocenters. The quantitative estimate of drug-likeness (QED) is 0.878. The van der Waals surface area contributed by atoms with Crippen LogP contribution in [0.5, 0.6) is 0 Å². The van der Waals surface area contributed by atoms with Crippen molar-refractivity contribution in [3.63, 3.8) is 0 Å². The minimum Gasteiger partial charge on any atom is -0.386 e. The first-order valence-corrected chi connectivity index (χ1v) is 8.03. The number of benzene rings is 1. The molecule has 1 aromatic heterocycles. The van der Waals surface area contributed by atoms with Crippen molar-refractivity contribution in [1.82, 2.24) is 4.98 Å². The fraction of sp³-hybridized carbons (Fsp3) is 0.235. The van der Waals surface area contributed by atoms with Gasteiger partial charge in [0.2, 0.25) is 0 Å². The van der Waals surface area contributed by atoms with Crippen molar-refractivity contribution in [2.45, 2.75) is 12.5 Å². The molecule has 25 heavy (non-hydrogen) atoms. The van der Waals surface area contributed by atoms with Crippen molar-refractivity contribution in [1.29, 1.82) is 0 Å². The number of carbonyl (C=O) groups excluding carboxylic acids is 1. The summed E-state index contributed by atoms with van der Waals surface area (Å²) < 4.78 is 19.5. The lowest BCUT2D eigenvalue weighted by Crippen LogP contribution is -2.18. The second-order valence-electron chi connectivity index (χ2n) is 5.53. The molecule has 130 valence electrons. The molecule has 1 atom stereocenters. The van der Waals surface area contributed by atoms with Crippen LogP contribution in [0.3, 0.4) is 0 Å². The van der Waals surface area contributed by atoms with Gasteiger partial charge >= 0.3 is 0 Å². The molecule has 0 saturated carbocycles. The Morgan fingerprint density at radius 1 is 1.36 bits per heavy atom. The highest BCUT2D eigenvalue weighted by Crippen LogP contribution is 2.28. The number of nitrogens with two attached hydrogens (primary N) is 1. The summed E-state index contributed by atoms with van der Waals surface area (Å²) in [6.07, 6.45) is 1.89. The Morgan fingerprint density at radius 2 is 2.20 bits per heavy atom. The lowest BCUT2D eigenvalue weighted by Gasteiger charge is -2.14. The first kappa shape index (κ1) is 17.3. The molecule has 6 nitrogen and oxygen atoms in total. The van der Waals surface area contributed by atoms with E-state index in [-0.39, 0.29) is 12.3 Å². The summed E-state index contributed by atoms with van der Waals surface area (Å²) in [6, 6.07) is 6.95. The Labute approximate surface area is 148 Å². The average molecular weight is 363 g/mol. The van der Waals surface area contributed by atoms with Crippen LogP contribution in [0.2, 0.25) is 5.02 Å². The maximum atomic E-state index is 14.2. The number of amidine groups is 1. The summed E-state index contributed by atoms with van der Waals surface area (Å²) in [7, 11) is 0. The highest BCUT2D eigenvalue weighted by molar-refractivity contribution is 6.30. The van der Waals surface area contributed by atoms with E-state index in [2.05, 4.69) is 15.3 Å². The number of aromatic nitrogens is 1. The molecule has 0 spiro atoms.